The minimum absolute atomic E-state index is 0.123. The molecule has 0 radical (unpaired) electrons. The number of carbonyl (C=O) groups excluding carboxylic acids is 1. The summed E-state index contributed by atoms with van der Waals surface area (Å²) in [4.78, 5) is 13.5. The highest BCUT2D eigenvalue weighted by atomic mass is 79.9. The predicted octanol–water partition coefficient (Wildman–Crippen LogP) is 1.89. The van der Waals surface area contributed by atoms with Crippen LogP contribution in [0.25, 0.3) is 0 Å². The zero-order valence-electron chi connectivity index (χ0n) is 7.48. The molecule has 1 unspecified atom stereocenters. The number of hydrogen-bond acceptors (Lipinski definition) is 2. The Balaban J connectivity index is 2.23. The summed E-state index contributed by atoms with van der Waals surface area (Å²) in [5, 5.41) is 9.10. The van der Waals surface area contributed by atoms with Gasteiger partial charge in [0.1, 0.15) is 5.75 Å². The largest absolute Gasteiger partial charge is 0.508 e. The average molecular weight is 256 g/mol. The van der Waals surface area contributed by atoms with E-state index in [1.54, 1.807) is 29.2 Å². The van der Waals surface area contributed by atoms with Crippen LogP contribution in [-0.4, -0.2) is 22.4 Å². The number of alkyl halides is 1. The molecule has 14 heavy (non-hydrogen) atoms. The molecule has 1 aromatic carbocycles. The van der Waals surface area contributed by atoms with Crippen LogP contribution in [0, 0.1) is 0 Å². The smallest absolute Gasteiger partial charge is 0.228 e. The first-order valence-electron chi connectivity index (χ1n) is 4.40. The van der Waals surface area contributed by atoms with E-state index in [0.29, 0.717) is 13.0 Å². The molecule has 0 aromatic heterocycles. The second-order valence-electron chi connectivity index (χ2n) is 3.32. The molecule has 74 valence electrons. The van der Waals surface area contributed by atoms with Crippen LogP contribution in [0.15, 0.2) is 24.3 Å². The van der Waals surface area contributed by atoms with E-state index in [4.69, 9.17) is 5.11 Å². The molecule has 0 aliphatic carbocycles. The molecule has 4 heteroatoms. The van der Waals surface area contributed by atoms with Gasteiger partial charge in [-0.15, -0.1) is 0 Å². The minimum atomic E-state index is 0.123. The van der Waals surface area contributed by atoms with Crippen molar-refractivity contribution in [2.45, 2.75) is 11.2 Å². The number of phenolic OH excluding ortho intramolecular Hbond substituents is 1. The molecule has 2 rings (SSSR count). The van der Waals surface area contributed by atoms with E-state index in [1.165, 1.54) is 0 Å². The lowest BCUT2D eigenvalue weighted by atomic mass is 10.3. The van der Waals surface area contributed by atoms with Crippen molar-refractivity contribution in [1.29, 1.82) is 0 Å². The standard InChI is InChI=1S/C10H10BrNO2/c11-7-5-10(14)12(6-7)8-1-3-9(13)4-2-8/h1-4,7,13H,5-6H2. The van der Waals surface area contributed by atoms with Crippen LogP contribution < -0.4 is 4.90 Å². The summed E-state index contributed by atoms with van der Waals surface area (Å²) in [6.07, 6.45) is 0.543. The third-order valence-electron chi connectivity index (χ3n) is 2.24. The van der Waals surface area contributed by atoms with Gasteiger partial charge in [0.2, 0.25) is 5.91 Å². The molecular formula is C10H10BrNO2. The maximum Gasteiger partial charge on any atom is 0.228 e. The van der Waals surface area contributed by atoms with Gasteiger partial charge in [-0.2, -0.15) is 0 Å². The van der Waals surface area contributed by atoms with Crippen LogP contribution >= 0.6 is 15.9 Å². The van der Waals surface area contributed by atoms with Gasteiger partial charge in [0.25, 0.3) is 0 Å². The fourth-order valence-corrected chi connectivity index (χ4v) is 2.11. The first kappa shape index (κ1) is 9.52. The van der Waals surface area contributed by atoms with Crippen molar-refractivity contribution in [3.63, 3.8) is 0 Å². The zero-order chi connectivity index (χ0) is 10.1. The van der Waals surface area contributed by atoms with E-state index < -0.39 is 0 Å². The molecule has 3 nitrogen and oxygen atoms in total. The summed E-state index contributed by atoms with van der Waals surface area (Å²) in [5.41, 5.74) is 0.842. The van der Waals surface area contributed by atoms with Crippen LogP contribution in [0.2, 0.25) is 0 Å². The molecule has 1 aromatic rings. The van der Waals surface area contributed by atoms with E-state index in [9.17, 15) is 4.79 Å². The number of amides is 1. The Morgan fingerprint density at radius 1 is 1.36 bits per heavy atom. The van der Waals surface area contributed by atoms with Crippen LogP contribution in [0.4, 0.5) is 5.69 Å². The van der Waals surface area contributed by atoms with Gasteiger partial charge < -0.3 is 10.0 Å². The Morgan fingerprint density at radius 3 is 2.50 bits per heavy atom. The summed E-state index contributed by atoms with van der Waals surface area (Å²) in [7, 11) is 0. The molecule has 0 spiro atoms. The lowest BCUT2D eigenvalue weighted by molar-refractivity contribution is -0.117. The summed E-state index contributed by atoms with van der Waals surface area (Å²) in [6, 6.07) is 6.67. The molecule has 1 heterocycles. The van der Waals surface area contributed by atoms with Crippen LogP contribution in [0.5, 0.6) is 5.75 Å². The normalized spacial score (nSPS) is 21.6. The van der Waals surface area contributed by atoms with Crippen molar-refractivity contribution >= 4 is 27.5 Å². The second kappa shape index (κ2) is 3.61. The average Bonchev–Trinajstić information content (AvgIpc) is 2.47. The lowest BCUT2D eigenvalue weighted by Gasteiger charge is -2.15. The molecule has 1 aliphatic heterocycles. The number of phenols is 1. The molecule has 0 bridgehead atoms. The lowest BCUT2D eigenvalue weighted by Crippen LogP contribution is -2.24. The highest BCUT2D eigenvalue weighted by molar-refractivity contribution is 9.09. The van der Waals surface area contributed by atoms with Gasteiger partial charge in [-0.3, -0.25) is 4.79 Å². The van der Waals surface area contributed by atoms with Gasteiger partial charge in [-0.1, -0.05) is 15.9 Å². The van der Waals surface area contributed by atoms with E-state index in [1.807, 2.05) is 0 Å². The Morgan fingerprint density at radius 2 is 2.00 bits per heavy atom. The Bertz CT molecular complexity index is 350. The number of hydrogen-bond donors (Lipinski definition) is 1. The topological polar surface area (TPSA) is 40.5 Å². The number of carbonyl (C=O) groups is 1. The number of rotatable bonds is 1. The number of anilines is 1. The Labute approximate surface area is 90.5 Å². The van der Waals surface area contributed by atoms with Gasteiger partial charge in [0.15, 0.2) is 0 Å². The summed E-state index contributed by atoms with van der Waals surface area (Å²) in [6.45, 7) is 0.698. The highest BCUT2D eigenvalue weighted by Crippen LogP contribution is 2.26. The number of nitrogens with zero attached hydrogens (tertiary/aromatic N) is 1. The van der Waals surface area contributed by atoms with E-state index >= 15 is 0 Å². The van der Waals surface area contributed by atoms with E-state index in [2.05, 4.69) is 15.9 Å². The fraction of sp³-hybridized carbons (Fsp3) is 0.300. The van der Waals surface area contributed by atoms with Gasteiger partial charge in [-0.05, 0) is 24.3 Å². The first-order valence-corrected chi connectivity index (χ1v) is 5.32. The van der Waals surface area contributed by atoms with Crippen molar-refractivity contribution in [3.05, 3.63) is 24.3 Å². The number of benzene rings is 1. The van der Waals surface area contributed by atoms with E-state index in [-0.39, 0.29) is 16.5 Å². The summed E-state index contributed by atoms with van der Waals surface area (Å²) < 4.78 is 0. The first-order chi connectivity index (χ1) is 6.66. The maximum absolute atomic E-state index is 11.5. The molecule has 1 saturated heterocycles. The monoisotopic (exact) mass is 255 g/mol. The summed E-state index contributed by atoms with van der Waals surface area (Å²) in [5.74, 6) is 0.341. The van der Waals surface area contributed by atoms with Gasteiger partial charge >= 0.3 is 0 Å². The van der Waals surface area contributed by atoms with Gasteiger partial charge in [-0.25, -0.2) is 0 Å². The molecule has 0 saturated carbocycles. The molecular weight excluding hydrogens is 246 g/mol. The van der Waals surface area contributed by atoms with Crippen LogP contribution in [0.3, 0.4) is 0 Å². The molecule has 1 atom stereocenters. The summed E-state index contributed by atoms with van der Waals surface area (Å²) >= 11 is 3.42. The zero-order valence-corrected chi connectivity index (χ0v) is 9.07. The van der Waals surface area contributed by atoms with Crippen molar-refractivity contribution in [2.75, 3.05) is 11.4 Å². The van der Waals surface area contributed by atoms with Gasteiger partial charge in [0, 0.05) is 23.5 Å². The third kappa shape index (κ3) is 1.75. The van der Waals surface area contributed by atoms with Gasteiger partial charge in [0.05, 0.1) is 0 Å². The SMILES string of the molecule is O=C1CC(Br)CN1c1ccc(O)cc1. The molecule has 1 amide bonds. The number of halogens is 1. The fourth-order valence-electron chi connectivity index (χ4n) is 1.55. The van der Waals surface area contributed by atoms with E-state index in [0.717, 1.165) is 5.69 Å². The maximum atomic E-state index is 11.5. The van der Waals surface area contributed by atoms with Crippen molar-refractivity contribution in [1.82, 2.24) is 0 Å². The third-order valence-corrected chi connectivity index (χ3v) is 2.85. The molecule has 1 N–H and O–H groups in total. The Hall–Kier alpha value is -1.03. The van der Waals surface area contributed by atoms with Crippen molar-refractivity contribution in [2.24, 2.45) is 0 Å². The minimum Gasteiger partial charge on any atom is -0.508 e. The van der Waals surface area contributed by atoms with Crippen molar-refractivity contribution < 1.29 is 9.90 Å². The number of aromatic hydroxyl groups is 1. The van der Waals surface area contributed by atoms with Crippen molar-refractivity contribution in [3.8, 4) is 5.75 Å². The van der Waals surface area contributed by atoms with Crippen LogP contribution in [0.1, 0.15) is 6.42 Å². The molecule has 1 fully saturated rings. The van der Waals surface area contributed by atoms with Crippen LogP contribution in [-0.2, 0) is 4.79 Å². The predicted molar refractivity (Wildman–Crippen MR) is 57.8 cm³/mol. The molecule has 1 aliphatic rings. The second-order valence-corrected chi connectivity index (χ2v) is 4.62. The Kier molecular flexibility index (Phi) is 2.46. The highest BCUT2D eigenvalue weighted by Gasteiger charge is 2.28. The quantitative estimate of drug-likeness (QED) is 0.779.